The van der Waals surface area contributed by atoms with Crippen LogP contribution < -0.4 is 5.32 Å². The maximum absolute atomic E-state index is 13.0. The molecule has 0 spiro atoms. The van der Waals surface area contributed by atoms with Crippen molar-refractivity contribution in [3.8, 4) is 0 Å². The second kappa shape index (κ2) is 7.93. The van der Waals surface area contributed by atoms with Crippen molar-refractivity contribution in [3.63, 3.8) is 0 Å². The number of halogens is 1. The molecular formula is C19H30FN. The Balaban J connectivity index is 1.94. The number of hydrogen-bond acceptors (Lipinski definition) is 1. The Hall–Kier alpha value is -0.890. The van der Waals surface area contributed by atoms with Crippen LogP contribution in [0.5, 0.6) is 0 Å². The van der Waals surface area contributed by atoms with Gasteiger partial charge in [-0.15, -0.1) is 0 Å². The molecule has 0 heterocycles. The molecule has 0 bridgehead atoms. The van der Waals surface area contributed by atoms with Crippen LogP contribution in [-0.4, -0.2) is 12.6 Å². The van der Waals surface area contributed by atoms with Gasteiger partial charge in [-0.2, -0.15) is 0 Å². The molecule has 1 unspecified atom stereocenters. The van der Waals surface area contributed by atoms with Gasteiger partial charge in [0.2, 0.25) is 0 Å². The third kappa shape index (κ3) is 4.81. The molecule has 0 aliphatic heterocycles. The number of rotatable bonds is 6. The van der Waals surface area contributed by atoms with Crippen molar-refractivity contribution in [1.29, 1.82) is 0 Å². The van der Waals surface area contributed by atoms with Crippen molar-refractivity contribution in [1.82, 2.24) is 5.32 Å². The standard InChI is InChI=1S/C19H30FN/c1-4-21-19(13-15-5-11-18(20)12-6-15)17-9-7-16(8-10-17)14(2)3/h5-6,11-12,14,16-17,19,21H,4,7-10,13H2,1-3H3. The topological polar surface area (TPSA) is 12.0 Å². The first-order valence-corrected chi connectivity index (χ1v) is 8.58. The van der Waals surface area contributed by atoms with Crippen LogP contribution in [0.15, 0.2) is 24.3 Å². The lowest BCUT2D eigenvalue weighted by Crippen LogP contribution is -2.40. The minimum absolute atomic E-state index is 0.142. The summed E-state index contributed by atoms with van der Waals surface area (Å²) in [7, 11) is 0. The third-order valence-corrected chi connectivity index (χ3v) is 5.16. The van der Waals surface area contributed by atoms with Gasteiger partial charge in [0.15, 0.2) is 0 Å². The normalized spacial score (nSPS) is 24.2. The molecule has 0 aromatic heterocycles. The second-order valence-electron chi connectivity index (χ2n) is 6.91. The summed E-state index contributed by atoms with van der Waals surface area (Å²) in [4.78, 5) is 0. The Labute approximate surface area is 129 Å². The molecule has 0 amide bonds. The van der Waals surface area contributed by atoms with Crippen molar-refractivity contribution in [3.05, 3.63) is 35.6 Å². The average Bonchev–Trinajstić information content (AvgIpc) is 2.49. The summed E-state index contributed by atoms with van der Waals surface area (Å²) in [5.74, 6) is 2.36. The molecule has 2 heteroatoms. The zero-order chi connectivity index (χ0) is 15.2. The van der Waals surface area contributed by atoms with Crippen LogP contribution in [0, 0.1) is 23.6 Å². The minimum Gasteiger partial charge on any atom is -0.314 e. The number of hydrogen-bond donors (Lipinski definition) is 1. The summed E-state index contributed by atoms with van der Waals surface area (Å²) in [6.07, 6.45) is 6.43. The predicted octanol–water partition coefficient (Wildman–Crippen LogP) is 4.81. The van der Waals surface area contributed by atoms with Crippen LogP contribution >= 0.6 is 0 Å². The molecule has 118 valence electrons. The fourth-order valence-corrected chi connectivity index (χ4v) is 3.76. The van der Waals surface area contributed by atoms with Gasteiger partial charge in [0.1, 0.15) is 5.82 Å². The zero-order valence-corrected chi connectivity index (χ0v) is 13.7. The fourth-order valence-electron chi connectivity index (χ4n) is 3.76. The molecule has 1 aliphatic carbocycles. The monoisotopic (exact) mass is 291 g/mol. The van der Waals surface area contributed by atoms with Crippen LogP contribution in [0.2, 0.25) is 0 Å². The quantitative estimate of drug-likeness (QED) is 0.793. The van der Waals surface area contributed by atoms with Crippen LogP contribution in [0.3, 0.4) is 0 Å². The largest absolute Gasteiger partial charge is 0.314 e. The van der Waals surface area contributed by atoms with E-state index < -0.39 is 0 Å². The number of likely N-dealkylation sites (N-methyl/N-ethyl adjacent to an activating group) is 1. The van der Waals surface area contributed by atoms with Crippen molar-refractivity contribution in [2.24, 2.45) is 17.8 Å². The Morgan fingerprint density at radius 1 is 1.05 bits per heavy atom. The molecule has 1 aromatic rings. The van der Waals surface area contributed by atoms with E-state index in [9.17, 15) is 4.39 Å². The van der Waals surface area contributed by atoms with Gasteiger partial charge in [0.25, 0.3) is 0 Å². The van der Waals surface area contributed by atoms with Crippen molar-refractivity contribution in [2.45, 2.75) is 58.9 Å². The van der Waals surface area contributed by atoms with Gasteiger partial charge in [-0.1, -0.05) is 32.9 Å². The minimum atomic E-state index is -0.142. The molecule has 0 saturated heterocycles. The van der Waals surface area contributed by atoms with E-state index in [1.165, 1.54) is 31.2 Å². The maximum atomic E-state index is 13.0. The van der Waals surface area contributed by atoms with Gasteiger partial charge in [-0.05, 0) is 74.1 Å². The predicted molar refractivity (Wildman–Crippen MR) is 87.9 cm³/mol. The van der Waals surface area contributed by atoms with E-state index in [2.05, 4.69) is 26.1 Å². The molecule has 1 fully saturated rings. The molecule has 21 heavy (non-hydrogen) atoms. The summed E-state index contributed by atoms with van der Waals surface area (Å²) >= 11 is 0. The second-order valence-corrected chi connectivity index (χ2v) is 6.91. The first-order valence-electron chi connectivity index (χ1n) is 8.58. The highest BCUT2D eigenvalue weighted by atomic mass is 19.1. The van der Waals surface area contributed by atoms with Gasteiger partial charge in [-0.3, -0.25) is 0 Å². The highest BCUT2D eigenvalue weighted by molar-refractivity contribution is 5.17. The molecule has 1 nitrogen and oxygen atoms in total. The molecule has 1 atom stereocenters. The molecule has 2 rings (SSSR count). The van der Waals surface area contributed by atoms with Crippen LogP contribution in [0.1, 0.15) is 52.0 Å². The molecule has 0 radical (unpaired) electrons. The highest BCUT2D eigenvalue weighted by Gasteiger charge is 2.28. The van der Waals surface area contributed by atoms with Gasteiger partial charge < -0.3 is 5.32 Å². The lowest BCUT2D eigenvalue weighted by Gasteiger charge is -2.36. The lowest BCUT2D eigenvalue weighted by molar-refractivity contribution is 0.188. The van der Waals surface area contributed by atoms with Crippen molar-refractivity contribution >= 4 is 0 Å². The molecule has 1 aromatic carbocycles. The summed E-state index contributed by atoms with van der Waals surface area (Å²) in [6, 6.07) is 7.55. The first kappa shape index (κ1) is 16.5. The van der Waals surface area contributed by atoms with Gasteiger partial charge in [0, 0.05) is 6.04 Å². The van der Waals surface area contributed by atoms with Crippen molar-refractivity contribution in [2.75, 3.05) is 6.54 Å². The van der Waals surface area contributed by atoms with E-state index in [1.54, 1.807) is 12.1 Å². The van der Waals surface area contributed by atoms with E-state index >= 15 is 0 Å². The van der Waals surface area contributed by atoms with E-state index in [0.29, 0.717) is 6.04 Å². The van der Waals surface area contributed by atoms with Crippen LogP contribution in [0.25, 0.3) is 0 Å². The summed E-state index contributed by atoms with van der Waals surface area (Å²) in [5.41, 5.74) is 1.24. The Bertz CT molecular complexity index is 404. The van der Waals surface area contributed by atoms with Crippen molar-refractivity contribution < 1.29 is 4.39 Å². The molecule has 1 saturated carbocycles. The van der Waals surface area contributed by atoms with E-state index in [-0.39, 0.29) is 5.82 Å². The summed E-state index contributed by atoms with van der Waals surface area (Å²) in [6.45, 7) is 7.89. The van der Waals surface area contributed by atoms with Crippen LogP contribution in [-0.2, 0) is 6.42 Å². The molecular weight excluding hydrogens is 261 g/mol. The smallest absolute Gasteiger partial charge is 0.123 e. The number of nitrogens with one attached hydrogen (secondary N) is 1. The Morgan fingerprint density at radius 2 is 1.62 bits per heavy atom. The Kier molecular flexibility index (Phi) is 6.22. The van der Waals surface area contributed by atoms with Gasteiger partial charge in [0.05, 0.1) is 0 Å². The SMILES string of the molecule is CCNC(Cc1ccc(F)cc1)C1CCC(C(C)C)CC1. The zero-order valence-electron chi connectivity index (χ0n) is 13.7. The lowest BCUT2D eigenvalue weighted by atomic mass is 9.73. The highest BCUT2D eigenvalue weighted by Crippen LogP contribution is 2.35. The Morgan fingerprint density at radius 3 is 2.14 bits per heavy atom. The fraction of sp³-hybridized carbons (Fsp3) is 0.684. The van der Waals surface area contributed by atoms with Crippen LogP contribution in [0.4, 0.5) is 4.39 Å². The van der Waals surface area contributed by atoms with E-state index in [0.717, 1.165) is 30.7 Å². The van der Waals surface area contributed by atoms with Gasteiger partial charge in [-0.25, -0.2) is 4.39 Å². The van der Waals surface area contributed by atoms with Gasteiger partial charge >= 0.3 is 0 Å². The molecule has 1 aliphatic rings. The summed E-state index contributed by atoms with van der Waals surface area (Å²) in [5, 5.41) is 3.67. The number of benzene rings is 1. The molecule has 1 N–H and O–H groups in total. The maximum Gasteiger partial charge on any atom is 0.123 e. The first-order chi connectivity index (χ1) is 10.1. The summed E-state index contributed by atoms with van der Waals surface area (Å²) < 4.78 is 13.0. The average molecular weight is 291 g/mol. The third-order valence-electron chi connectivity index (χ3n) is 5.16. The van der Waals surface area contributed by atoms with E-state index in [1.807, 2.05) is 12.1 Å². The van der Waals surface area contributed by atoms with E-state index in [4.69, 9.17) is 0 Å².